The third kappa shape index (κ3) is 22.2. The van der Waals surface area contributed by atoms with E-state index < -0.39 is 39.5 Å². The van der Waals surface area contributed by atoms with Crippen LogP contribution in [-0.2, 0) is 44.3 Å². The van der Waals surface area contributed by atoms with E-state index in [0.717, 1.165) is 84.5 Å². The third-order valence-electron chi connectivity index (χ3n) is 7.65. The molecule has 1 aliphatic carbocycles. The Hall–Kier alpha value is -0.320. The van der Waals surface area contributed by atoms with Crippen molar-refractivity contribution in [1.82, 2.24) is 9.21 Å². The molecule has 0 atom stereocenters. The molecule has 0 aromatic rings. The van der Waals surface area contributed by atoms with Gasteiger partial charge >= 0.3 is 0 Å². The number of rotatable bonds is 8. The number of ether oxygens (including phenoxy) is 1. The van der Waals surface area contributed by atoms with Gasteiger partial charge in [0.2, 0.25) is 10.0 Å². The highest BCUT2D eigenvalue weighted by Gasteiger charge is 2.21. The van der Waals surface area contributed by atoms with Crippen molar-refractivity contribution in [2.75, 3.05) is 88.2 Å². The molecule has 0 unspecified atom stereocenters. The molecule has 0 aromatic heterocycles. The first-order valence-corrected chi connectivity index (χ1v) is 23.2. The number of piperidine rings is 2. The van der Waals surface area contributed by atoms with Crippen molar-refractivity contribution >= 4 is 39.5 Å². The van der Waals surface area contributed by atoms with Crippen LogP contribution < -0.4 is 0 Å². The fourth-order valence-electron chi connectivity index (χ4n) is 5.10. The van der Waals surface area contributed by atoms with Crippen LogP contribution in [0.3, 0.4) is 0 Å². The van der Waals surface area contributed by atoms with E-state index in [0.29, 0.717) is 29.1 Å². The molecule has 1 saturated carbocycles. The minimum Gasteiger partial charge on any atom is -0.381 e. The van der Waals surface area contributed by atoms with Gasteiger partial charge in [0, 0.05) is 51.6 Å². The highest BCUT2D eigenvalue weighted by Crippen LogP contribution is 2.27. The predicted molar refractivity (Wildman–Crippen MR) is 171 cm³/mol. The summed E-state index contributed by atoms with van der Waals surface area (Å²) in [6.45, 7) is 5.77. The summed E-state index contributed by atoms with van der Waals surface area (Å²) in [5.74, 6) is 1.87. The van der Waals surface area contributed by atoms with Crippen LogP contribution in [0.4, 0.5) is 0 Å². The van der Waals surface area contributed by atoms with Crippen molar-refractivity contribution in [3.05, 3.63) is 0 Å². The van der Waals surface area contributed by atoms with Gasteiger partial charge in [-0.05, 0) is 76.3 Å². The summed E-state index contributed by atoms with van der Waals surface area (Å²) >= 11 is 0. The summed E-state index contributed by atoms with van der Waals surface area (Å²) in [5, 5.41) is 0. The number of likely N-dealkylation sites (tertiary alicyclic amines) is 1. The molecule has 15 heteroatoms. The fourth-order valence-corrected chi connectivity index (χ4v) is 8.99. The zero-order valence-corrected chi connectivity index (χ0v) is 29.5. The van der Waals surface area contributed by atoms with Gasteiger partial charge in [-0.25, -0.2) is 38.0 Å². The molecule has 4 fully saturated rings. The molecule has 3 saturated heterocycles. The second kappa shape index (κ2) is 19.3. The Bertz CT molecular complexity index is 1170. The van der Waals surface area contributed by atoms with E-state index in [4.69, 9.17) is 4.74 Å². The predicted octanol–water partition coefficient (Wildman–Crippen LogP) is 2.24. The molecule has 11 nitrogen and oxygen atoms in total. The molecule has 0 amide bonds. The molecule has 0 bridgehead atoms. The van der Waals surface area contributed by atoms with Crippen LogP contribution in [0.1, 0.15) is 70.6 Å². The largest absolute Gasteiger partial charge is 0.381 e. The highest BCUT2D eigenvalue weighted by atomic mass is 32.2. The number of hydrogen-bond donors (Lipinski definition) is 0. The number of nitrogens with zero attached hydrogens (tertiary/aromatic N) is 2. The molecule has 4 aliphatic rings. The van der Waals surface area contributed by atoms with Gasteiger partial charge in [-0.1, -0.05) is 19.3 Å². The maximum atomic E-state index is 10.9. The van der Waals surface area contributed by atoms with Gasteiger partial charge in [0.05, 0.1) is 23.5 Å². The number of hydrogen-bond acceptors (Lipinski definition) is 10. The average molecular weight is 681 g/mol. The second-order valence-corrected chi connectivity index (χ2v) is 20.9. The van der Waals surface area contributed by atoms with Gasteiger partial charge in [-0.3, -0.25) is 0 Å². The first-order chi connectivity index (χ1) is 19.3. The van der Waals surface area contributed by atoms with Crippen LogP contribution >= 0.6 is 0 Å². The van der Waals surface area contributed by atoms with Gasteiger partial charge in [0.15, 0.2) is 0 Å². The lowest BCUT2D eigenvalue weighted by Crippen LogP contribution is -2.34. The topological polar surface area (TPSA) is 152 Å². The van der Waals surface area contributed by atoms with Crippen molar-refractivity contribution in [3.8, 4) is 0 Å². The Kier molecular flexibility index (Phi) is 18.2. The van der Waals surface area contributed by atoms with Crippen LogP contribution in [0.2, 0.25) is 0 Å². The first-order valence-electron chi connectivity index (χ1n) is 15.1. The van der Waals surface area contributed by atoms with Crippen LogP contribution in [0, 0.1) is 11.8 Å². The van der Waals surface area contributed by atoms with Gasteiger partial charge in [0.25, 0.3) is 0 Å². The van der Waals surface area contributed by atoms with Crippen LogP contribution in [0.15, 0.2) is 0 Å². The normalized spacial score (nSPS) is 21.8. The lowest BCUT2D eigenvalue weighted by atomic mass is 9.87. The Labute approximate surface area is 256 Å². The van der Waals surface area contributed by atoms with E-state index in [-0.39, 0.29) is 0 Å². The van der Waals surface area contributed by atoms with Crippen LogP contribution in [0.25, 0.3) is 0 Å². The first kappa shape index (κ1) is 39.7. The summed E-state index contributed by atoms with van der Waals surface area (Å²) in [6, 6.07) is 0. The summed E-state index contributed by atoms with van der Waals surface area (Å²) in [5.41, 5.74) is 0. The maximum absolute atomic E-state index is 10.9. The summed E-state index contributed by atoms with van der Waals surface area (Å²) in [7, 11) is -11.1. The zero-order chi connectivity index (χ0) is 31.9. The second-order valence-electron chi connectivity index (χ2n) is 12.3. The summed E-state index contributed by atoms with van der Waals surface area (Å²) in [6.07, 6.45) is 17.4. The Morgan fingerprint density at radius 2 is 0.976 bits per heavy atom. The molecular formula is C27H56N2O9S4. The van der Waals surface area contributed by atoms with Gasteiger partial charge in [-0.15, -0.1) is 0 Å². The monoisotopic (exact) mass is 680 g/mol. The average Bonchev–Trinajstić information content (AvgIpc) is 2.86. The molecule has 4 rings (SSSR count). The minimum absolute atomic E-state index is 0.312. The maximum Gasteiger partial charge on any atom is 0.211 e. The standard InChI is InChI=1S/C8H17NO2S.C7H14O3S.C6H13NO2S.C6H12O2S/c1-12(10,11)8-7-9-5-3-2-4-6-9;1-11(8,9)6-7-2-4-10-5-3-7;1-10(8,9)7-5-3-2-4-6-7;1-9(7,8)5-6-3-2-4-6/h2-8H2,1H3;7H,2-6H2,1H3;2-6H2,1H3;6H,2-5H2,1H3. The minimum atomic E-state index is -2.89. The number of sulfonamides is 1. The SMILES string of the molecule is CS(=O)(=O)CC1CCC1.CS(=O)(=O)CC1CCOCC1.CS(=O)(=O)CCN1CCCCC1.CS(=O)(=O)N1CCCCC1. The van der Waals surface area contributed by atoms with Crippen molar-refractivity contribution in [1.29, 1.82) is 0 Å². The lowest BCUT2D eigenvalue weighted by Gasteiger charge is -2.25. The molecule has 0 radical (unpaired) electrons. The van der Waals surface area contributed by atoms with Crippen molar-refractivity contribution in [3.63, 3.8) is 0 Å². The molecule has 42 heavy (non-hydrogen) atoms. The summed E-state index contributed by atoms with van der Waals surface area (Å²) in [4.78, 5) is 2.24. The molecule has 0 spiro atoms. The third-order valence-corrected chi connectivity index (χ3v) is 12.0. The highest BCUT2D eigenvalue weighted by molar-refractivity contribution is 7.91. The smallest absolute Gasteiger partial charge is 0.211 e. The van der Waals surface area contributed by atoms with Crippen molar-refractivity contribution in [2.24, 2.45) is 11.8 Å². The quantitative estimate of drug-likeness (QED) is 0.373. The van der Waals surface area contributed by atoms with E-state index in [9.17, 15) is 33.7 Å². The van der Waals surface area contributed by atoms with Crippen LogP contribution in [-0.4, -0.2) is 131 Å². The number of sulfone groups is 3. The molecule has 252 valence electrons. The van der Waals surface area contributed by atoms with E-state index in [2.05, 4.69) is 4.90 Å². The Morgan fingerprint density at radius 3 is 1.31 bits per heavy atom. The molecule has 0 aromatic carbocycles. The molecular weight excluding hydrogens is 625 g/mol. The van der Waals surface area contributed by atoms with E-state index >= 15 is 0 Å². The van der Waals surface area contributed by atoms with Crippen LogP contribution in [0.5, 0.6) is 0 Å². The summed E-state index contributed by atoms with van der Waals surface area (Å²) < 4.78 is 93.2. The van der Waals surface area contributed by atoms with Crippen molar-refractivity contribution < 1.29 is 38.4 Å². The van der Waals surface area contributed by atoms with E-state index in [1.807, 2.05) is 0 Å². The lowest BCUT2D eigenvalue weighted by molar-refractivity contribution is 0.0724. The van der Waals surface area contributed by atoms with E-state index in [1.165, 1.54) is 57.1 Å². The van der Waals surface area contributed by atoms with Gasteiger partial charge in [-0.2, -0.15) is 0 Å². The molecule has 0 N–H and O–H groups in total. The molecule has 3 aliphatic heterocycles. The van der Waals surface area contributed by atoms with Crippen molar-refractivity contribution in [2.45, 2.75) is 70.6 Å². The zero-order valence-electron chi connectivity index (χ0n) is 26.2. The Balaban J connectivity index is 0.000000281. The van der Waals surface area contributed by atoms with E-state index in [1.54, 1.807) is 4.31 Å². The van der Waals surface area contributed by atoms with Gasteiger partial charge < -0.3 is 9.64 Å². The Morgan fingerprint density at radius 1 is 0.548 bits per heavy atom. The molecule has 3 heterocycles. The fraction of sp³-hybridized carbons (Fsp3) is 1.00. The van der Waals surface area contributed by atoms with Gasteiger partial charge in [0.1, 0.15) is 29.5 Å².